The highest BCUT2D eigenvalue weighted by Gasteiger charge is 2.08. The minimum Gasteiger partial charge on any atom is -0.493 e. The van der Waals surface area contributed by atoms with E-state index in [1.165, 1.54) is 0 Å². The lowest BCUT2D eigenvalue weighted by Crippen LogP contribution is -2.14. The summed E-state index contributed by atoms with van der Waals surface area (Å²) in [6.45, 7) is -0.799. The van der Waals surface area contributed by atoms with Crippen molar-refractivity contribution in [2.24, 2.45) is 0 Å². The summed E-state index contributed by atoms with van der Waals surface area (Å²) in [5, 5.41) is 0. The highest BCUT2D eigenvalue weighted by molar-refractivity contribution is 5.69. The quantitative estimate of drug-likeness (QED) is 0.613. The number of anilines is 1. The minimum atomic E-state index is -2.64. The molecule has 17 heavy (non-hydrogen) atoms. The van der Waals surface area contributed by atoms with Crippen molar-refractivity contribution in [1.29, 1.82) is 0 Å². The van der Waals surface area contributed by atoms with E-state index in [0.29, 0.717) is 11.4 Å². The van der Waals surface area contributed by atoms with E-state index < -0.39 is 19.0 Å². The molecule has 1 aromatic carbocycles. The van der Waals surface area contributed by atoms with Crippen LogP contribution in [0.25, 0.3) is 0 Å². The van der Waals surface area contributed by atoms with Gasteiger partial charge < -0.3 is 15.2 Å². The molecule has 0 aliphatic rings. The number of carbonyl (C=O) groups is 1. The first-order valence-electron chi connectivity index (χ1n) is 5.00. The number of esters is 1. The highest BCUT2D eigenvalue weighted by atomic mass is 19.3. The van der Waals surface area contributed by atoms with E-state index in [-0.39, 0.29) is 13.0 Å². The molecule has 0 aliphatic heterocycles. The van der Waals surface area contributed by atoms with E-state index in [4.69, 9.17) is 10.5 Å². The summed E-state index contributed by atoms with van der Waals surface area (Å²) in [5.41, 5.74) is 6.08. The van der Waals surface area contributed by atoms with Crippen LogP contribution in [0.5, 0.6) is 5.75 Å². The average molecular weight is 245 g/mol. The molecule has 1 rings (SSSR count). The second-order valence-electron chi connectivity index (χ2n) is 3.24. The molecule has 0 unspecified atom stereocenters. The third-order valence-corrected chi connectivity index (χ3v) is 1.83. The van der Waals surface area contributed by atoms with E-state index >= 15 is 0 Å². The van der Waals surface area contributed by atoms with Gasteiger partial charge in [-0.05, 0) is 24.3 Å². The molecule has 0 fully saturated rings. The molecular weight excluding hydrogens is 232 g/mol. The Labute approximate surface area is 97.3 Å². The van der Waals surface area contributed by atoms with Gasteiger partial charge in [0.15, 0.2) is 6.61 Å². The standard InChI is InChI=1S/C11H13F2NO3/c12-10(13)7-17-11(15)5-6-16-9-3-1-8(14)2-4-9/h1-4,10H,5-7,14H2. The zero-order chi connectivity index (χ0) is 12.7. The van der Waals surface area contributed by atoms with Crippen molar-refractivity contribution < 1.29 is 23.0 Å². The molecule has 0 saturated carbocycles. The van der Waals surface area contributed by atoms with Gasteiger partial charge in [-0.2, -0.15) is 0 Å². The van der Waals surface area contributed by atoms with Gasteiger partial charge in [-0.3, -0.25) is 4.79 Å². The number of benzene rings is 1. The topological polar surface area (TPSA) is 61.5 Å². The third kappa shape index (κ3) is 5.70. The van der Waals surface area contributed by atoms with Crippen LogP contribution in [-0.2, 0) is 9.53 Å². The Hall–Kier alpha value is -1.85. The van der Waals surface area contributed by atoms with Gasteiger partial charge in [-0.1, -0.05) is 0 Å². The Morgan fingerprint density at radius 1 is 1.29 bits per heavy atom. The molecule has 0 saturated heterocycles. The zero-order valence-corrected chi connectivity index (χ0v) is 9.07. The predicted molar refractivity (Wildman–Crippen MR) is 57.9 cm³/mol. The van der Waals surface area contributed by atoms with Gasteiger partial charge >= 0.3 is 5.97 Å². The van der Waals surface area contributed by atoms with Gasteiger partial charge in [0.2, 0.25) is 0 Å². The summed E-state index contributed by atoms with van der Waals surface area (Å²) < 4.78 is 32.9. The van der Waals surface area contributed by atoms with E-state index in [0.717, 1.165) is 0 Å². The Balaban J connectivity index is 2.19. The van der Waals surface area contributed by atoms with Crippen LogP contribution in [0.15, 0.2) is 24.3 Å². The second kappa shape index (κ2) is 6.67. The van der Waals surface area contributed by atoms with Crippen molar-refractivity contribution in [3.8, 4) is 5.75 Å². The van der Waals surface area contributed by atoms with Gasteiger partial charge in [0, 0.05) is 5.69 Å². The molecule has 1 aromatic rings. The molecule has 0 heterocycles. The zero-order valence-electron chi connectivity index (χ0n) is 9.07. The molecule has 0 amide bonds. The summed E-state index contributed by atoms with van der Waals surface area (Å²) in [7, 11) is 0. The molecule has 94 valence electrons. The number of rotatable bonds is 6. The van der Waals surface area contributed by atoms with Crippen molar-refractivity contribution in [3.05, 3.63) is 24.3 Å². The maximum Gasteiger partial charge on any atom is 0.309 e. The van der Waals surface area contributed by atoms with E-state index in [1.54, 1.807) is 24.3 Å². The molecule has 0 atom stereocenters. The van der Waals surface area contributed by atoms with Crippen LogP contribution in [0, 0.1) is 0 Å². The number of halogens is 2. The molecule has 0 aliphatic carbocycles. The summed E-state index contributed by atoms with van der Waals surface area (Å²) in [5.74, 6) is -0.151. The molecule has 2 N–H and O–H groups in total. The van der Waals surface area contributed by atoms with Crippen LogP contribution in [0.2, 0.25) is 0 Å². The fourth-order valence-electron chi connectivity index (χ4n) is 1.04. The number of nitrogens with two attached hydrogens (primary N) is 1. The molecule has 6 heteroatoms. The first-order valence-corrected chi connectivity index (χ1v) is 5.00. The summed E-state index contributed by atoms with van der Waals surface area (Å²) in [4.78, 5) is 10.9. The maximum absolute atomic E-state index is 11.7. The second-order valence-corrected chi connectivity index (χ2v) is 3.24. The van der Waals surface area contributed by atoms with Crippen molar-refractivity contribution in [2.75, 3.05) is 18.9 Å². The first-order chi connectivity index (χ1) is 8.08. The largest absolute Gasteiger partial charge is 0.493 e. The molecule has 0 spiro atoms. The predicted octanol–water partition coefficient (Wildman–Crippen LogP) is 1.85. The van der Waals surface area contributed by atoms with E-state index in [1.807, 2.05) is 0 Å². The fourth-order valence-corrected chi connectivity index (χ4v) is 1.04. The van der Waals surface area contributed by atoms with Crippen molar-refractivity contribution in [1.82, 2.24) is 0 Å². The van der Waals surface area contributed by atoms with Crippen molar-refractivity contribution in [2.45, 2.75) is 12.8 Å². The number of ether oxygens (including phenoxy) is 2. The molecular formula is C11H13F2NO3. The fraction of sp³-hybridized carbons (Fsp3) is 0.364. The lowest BCUT2D eigenvalue weighted by Gasteiger charge is -2.06. The first kappa shape index (κ1) is 13.2. The van der Waals surface area contributed by atoms with E-state index in [2.05, 4.69) is 4.74 Å². The lowest BCUT2D eigenvalue weighted by molar-refractivity contribution is -0.148. The average Bonchev–Trinajstić information content (AvgIpc) is 2.29. The summed E-state index contributed by atoms with van der Waals surface area (Å²) in [6, 6.07) is 6.62. The number of alkyl halides is 2. The number of hydrogen-bond donors (Lipinski definition) is 1. The smallest absolute Gasteiger partial charge is 0.309 e. The van der Waals surface area contributed by atoms with Gasteiger partial charge in [0.05, 0.1) is 13.0 Å². The Bertz CT molecular complexity index is 354. The van der Waals surface area contributed by atoms with Gasteiger partial charge in [0.1, 0.15) is 5.75 Å². The van der Waals surface area contributed by atoms with Gasteiger partial charge in [-0.25, -0.2) is 8.78 Å². The molecule has 0 aromatic heterocycles. The number of nitrogen functional groups attached to an aromatic ring is 1. The van der Waals surface area contributed by atoms with Crippen LogP contribution >= 0.6 is 0 Å². The third-order valence-electron chi connectivity index (χ3n) is 1.83. The van der Waals surface area contributed by atoms with Crippen LogP contribution in [0.3, 0.4) is 0 Å². The van der Waals surface area contributed by atoms with Crippen molar-refractivity contribution in [3.63, 3.8) is 0 Å². The minimum absolute atomic E-state index is 0.0723. The Kier molecular flexibility index (Phi) is 5.19. The van der Waals surface area contributed by atoms with Gasteiger partial charge in [0.25, 0.3) is 6.43 Å². The van der Waals surface area contributed by atoms with Crippen LogP contribution in [-0.4, -0.2) is 25.6 Å². The SMILES string of the molecule is Nc1ccc(OCCC(=O)OCC(F)F)cc1. The molecule has 0 radical (unpaired) electrons. The Morgan fingerprint density at radius 2 is 1.94 bits per heavy atom. The monoisotopic (exact) mass is 245 g/mol. The maximum atomic E-state index is 11.7. The highest BCUT2D eigenvalue weighted by Crippen LogP contribution is 2.13. The molecule has 0 bridgehead atoms. The van der Waals surface area contributed by atoms with Gasteiger partial charge in [-0.15, -0.1) is 0 Å². The van der Waals surface area contributed by atoms with Crippen LogP contribution in [0.4, 0.5) is 14.5 Å². The van der Waals surface area contributed by atoms with Crippen LogP contribution in [0.1, 0.15) is 6.42 Å². The summed E-state index contributed by atoms with van der Waals surface area (Å²) in [6.07, 6.45) is -2.71. The Morgan fingerprint density at radius 3 is 2.53 bits per heavy atom. The van der Waals surface area contributed by atoms with Crippen LogP contribution < -0.4 is 10.5 Å². The summed E-state index contributed by atoms with van der Waals surface area (Å²) >= 11 is 0. The number of hydrogen-bond acceptors (Lipinski definition) is 4. The van der Waals surface area contributed by atoms with Crippen molar-refractivity contribution >= 4 is 11.7 Å². The number of carbonyl (C=O) groups excluding carboxylic acids is 1. The normalized spacial score (nSPS) is 10.3. The lowest BCUT2D eigenvalue weighted by atomic mass is 10.3. The van der Waals surface area contributed by atoms with E-state index in [9.17, 15) is 13.6 Å². The molecule has 4 nitrogen and oxygen atoms in total.